The number of nitrogens with one attached hydrogen (secondary N) is 1. The number of anilines is 1. The number of para-hydroxylation sites is 1. The third kappa shape index (κ3) is 1.24. The Hall–Kier alpha value is -1.51. The van der Waals surface area contributed by atoms with Gasteiger partial charge in [0.15, 0.2) is 0 Å². The number of aliphatic imine (C=N–C) groups is 1. The second-order valence-electron chi connectivity index (χ2n) is 4.60. The Bertz CT molecular complexity index is 410. The SMILES string of the molecule is CC1c2ccccc2N(C)[C@@H]1C1=NCCN1. The summed E-state index contributed by atoms with van der Waals surface area (Å²) in [6, 6.07) is 9.04. The first-order valence-electron chi connectivity index (χ1n) is 5.89. The summed E-state index contributed by atoms with van der Waals surface area (Å²) in [6.07, 6.45) is 0. The van der Waals surface area contributed by atoms with Crippen LogP contribution < -0.4 is 10.2 Å². The molecule has 2 atom stereocenters. The van der Waals surface area contributed by atoms with E-state index in [4.69, 9.17) is 0 Å². The molecule has 0 saturated heterocycles. The third-order valence-corrected chi connectivity index (χ3v) is 3.68. The quantitative estimate of drug-likeness (QED) is 0.770. The lowest BCUT2D eigenvalue weighted by Crippen LogP contribution is -2.43. The molecule has 1 aromatic carbocycles. The first kappa shape index (κ1) is 9.70. The van der Waals surface area contributed by atoms with Crippen LogP contribution in [0.2, 0.25) is 0 Å². The van der Waals surface area contributed by atoms with E-state index in [2.05, 4.69) is 53.4 Å². The maximum absolute atomic E-state index is 4.57. The van der Waals surface area contributed by atoms with Gasteiger partial charge >= 0.3 is 0 Å². The van der Waals surface area contributed by atoms with Crippen molar-refractivity contribution in [3.8, 4) is 0 Å². The Labute approximate surface area is 96.2 Å². The molecule has 84 valence electrons. The zero-order valence-electron chi connectivity index (χ0n) is 9.77. The van der Waals surface area contributed by atoms with E-state index < -0.39 is 0 Å². The monoisotopic (exact) mass is 215 g/mol. The van der Waals surface area contributed by atoms with Crippen LogP contribution in [0.15, 0.2) is 29.3 Å². The highest BCUT2D eigenvalue weighted by Gasteiger charge is 2.37. The molecule has 3 nitrogen and oxygen atoms in total. The maximum atomic E-state index is 4.57. The summed E-state index contributed by atoms with van der Waals surface area (Å²) in [6.45, 7) is 4.20. The van der Waals surface area contributed by atoms with Crippen LogP contribution in [0.3, 0.4) is 0 Å². The molecule has 0 bridgehead atoms. The number of amidine groups is 1. The first-order valence-corrected chi connectivity index (χ1v) is 5.89. The van der Waals surface area contributed by atoms with Gasteiger partial charge in [0.1, 0.15) is 5.84 Å². The zero-order chi connectivity index (χ0) is 11.1. The van der Waals surface area contributed by atoms with Crippen LogP contribution >= 0.6 is 0 Å². The molecule has 0 aromatic heterocycles. The summed E-state index contributed by atoms with van der Waals surface area (Å²) in [5.41, 5.74) is 2.78. The Kier molecular flexibility index (Phi) is 2.13. The summed E-state index contributed by atoms with van der Waals surface area (Å²) in [7, 11) is 2.16. The average molecular weight is 215 g/mol. The molecule has 0 aliphatic carbocycles. The van der Waals surface area contributed by atoms with Crippen LogP contribution in [-0.4, -0.2) is 32.0 Å². The number of likely N-dealkylation sites (N-methyl/N-ethyl adjacent to an activating group) is 1. The fourth-order valence-electron chi connectivity index (χ4n) is 2.88. The van der Waals surface area contributed by atoms with Gasteiger partial charge in [0.2, 0.25) is 0 Å². The molecule has 0 saturated carbocycles. The van der Waals surface area contributed by atoms with Crippen molar-refractivity contribution in [1.29, 1.82) is 0 Å². The normalized spacial score (nSPS) is 27.6. The molecule has 1 unspecified atom stereocenters. The second kappa shape index (κ2) is 3.51. The second-order valence-corrected chi connectivity index (χ2v) is 4.60. The Morgan fingerprint density at radius 3 is 2.88 bits per heavy atom. The van der Waals surface area contributed by atoms with E-state index in [0.717, 1.165) is 18.9 Å². The van der Waals surface area contributed by atoms with Crippen LogP contribution in [-0.2, 0) is 0 Å². The van der Waals surface area contributed by atoms with Crippen LogP contribution in [0.1, 0.15) is 18.4 Å². The average Bonchev–Trinajstić information content (AvgIpc) is 2.89. The standard InChI is InChI=1S/C13H17N3/c1-9-10-5-3-4-6-11(10)16(2)12(9)13-14-7-8-15-13/h3-6,9,12H,7-8H2,1-2H3,(H,14,15)/t9?,12-/m0/s1. The van der Waals surface area contributed by atoms with Crippen molar-refractivity contribution in [3.63, 3.8) is 0 Å². The Balaban J connectivity index is 2.00. The van der Waals surface area contributed by atoms with Crippen molar-refractivity contribution in [2.45, 2.75) is 18.9 Å². The first-order chi connectivity index (χ1) is 7.79. The van der Waals surface area contributed by atoms with Crippen molar-refractivity contribution in [2.24, 2.45) is 4.99 Å². The van der Waals surface area contributed by atoms with E-state index in [-0.39, 0.29) is 0 Å². The van der Waals surface area contributed by atoms with E-state index in [1.807, 2.05) is 0 Å². The van der Waals surface area contributed by atoms with E-state index >= 15 is 0 Å². The molecule has 3 rings (SSSR count). The minimum atomic E-state index is 0.389. The highest BCUT2D eigenvalue weighted by Crippen LogP contribution is 2.39. The molecule has 2 aliphatic rings. The summed E-state index contributed by atoms with van der Waals surface area (Å²) >= 11 is 0. The molecule has 0 fully saturated rings. The molecule has 3 heteroatoms. The maximum Gasteiger partial charge on any atom is 0.120 e. The number of nitrogens with zero attached hydrogens (tertiary/aromatic N) is 2. The number of hydrogen-bond donors (Lipinski definition) is 1. The van der Waals surface area contributed by atoms with Gasteiger partial charge in [0, 0.05) is 25.2 Å². The molecule has 0 spiro atoms. The van der Waals surface area contributed by atoms with E-state index in [9.17, 15) is 0 Å². The number of rotatable bonds is 1. The summed E-state index contributed by atoms with van der Waals surface area (Å²) in [4.78, 5) is 6.91. The topological polar surface area (TPSA) is 27.6 Å². The van der Waals surface area contributed by atoms with Gasteiger partial charge in [-0.15, -0.1) is 0 Å². The van der Waals surface area contributed by atoms with Crippen molar-refractivity contribution in [1.82, 2.24) is 5.32 Å². The molecular weight excluding hydrogens is 198 g/mol. The largest absolute Gasteiger partial charge is 0.370 e. The smallest absolute Gasteiger partial charge is 0.120 e. The highest BCUT2D eigenvalue weighted by molar-refractivity contribution is 5.94. The van der Waals surface area contributed by atoms with Gasteiger partial charge in [-0.1, -0.05) is 25.1 Å². The predicted octanol–water partition coefficient (Wildman–Crippen LogP) is 1.61. The zero-order valence-corrected chi connectivity index (χ0v) is 9.77. The van der Waals surface area contributed by atoms with E-state index in [0.29, 0.717) is 12.0 Å². The van der Waals surface area contributed by atoms with Gasteiger partial charge in [-0.25, -0.2) is 0 Å². The van der Waals surface area contributed by atoms with Crippen molar-refractivity contribution in [3.05, 3.63) is 29.8 Å². The highest BCUT2D eigenvalue weighted by atomic mass is 15.2. The lowest BCUT2D eigenvalue weighted by Gasteiger charge is -2.25. The fraction of sp³-hybridized carbons (Fsp3) is 0.462. The molecule has 1 N–H and O–H groups in total. The summed E-state index contributed by atoms with van der Waals surface area (Å²) < 4.78 is 0. The van der Waals surface area contributed by atoms with E-state index in [1.54, 1.807) is 0 Å². The lowest BCUT2D eigenvalue weighted by molar-refractivity contribution is 0.695. The summed E-state index contributed by atoms with van der Waals surface area (Å²) in [5.74, 6) is 1.68. The van der Waals surface area contributed by atoms with Crippen LogP contribution in [0.4, 0.5) is 5.69 Å². The van der Waals surface area contributed by atoms with Crippen molar-refractivity contribution < 1.29 is 0 Å². The van der Waals surface area contributed by atoms with Gasteiger partial charge in [-0.2, -0.15) is 0 Å². The van der Waals surface area contributed by atoms with Crippen LogP contribution in [0.25, 0.3) is 0 Å². The molecule has 16 heavy (non-hydrogen) atoms. The minimum absolute atomic E-state index is 0.389. The van der Waals surface area contributed by atoms with Crippen molar-refractivity contribution >= 4 is 11.5 Å². The summed E-state index contributed by atoms with van der Waals surface area (Å²) in [5, 5.41) is 3.40. The molecule has 0 radical (unpaired) electrons. The van der Waals surface area contributed by atoms with Crippen LogP contribution in [0.5, 0.6) is 0 Å². The van der Waals surface area contributed by atoms with Gasteiger partial charge in [0.25, 0.3) is 0 Å². The number of hydrogen-bond acceptors (Lipinski definition) is 3. The van der Waals surface area contributed by atoms with Gasteiger partial charge < -0.3 is 10.2 Å². The van der Waals surface area contributed by atoms with Gasteiger partial charge in [-0.05, 0) is 11.6 Å². The molecule has 2 aliphatic heterocycles. The number of fused-ring (bicyclic) bond motifs is 1. The van der Waals surface area contributed by atoms with Crippen molar-refractivity contribution in [2.75, 3.05) is 25.0 Å². The third-order valence-electron chi connectivity index (χ3n) is 3.68. The Morgan fingerprint density at radius 1 is 1.38 bits per heavy atom. The predicted molar refractivity (Wildman–Crippen MR) is 67.4 cm³/mol. The fourth-order valence-corrected chi connectivity index (χ4v) is 2.88. The molecule has 0 amide bonds. The molecule has 1 aromatic rings. The Morgan fingerprint density at radius 2 is 2.19 bits per heavy atom. The molecular formula is C13H17N3. The van der Waals surface area contributed by atoms with Gasteiger partial charge in [0.05, 0.1) is 12.6 Å². The molecule has 2 heterocycles. The lowest BCUT2D eigenvalue weighted by atomic mass is 9.96. The number of benzene rings is 1. The van der Waals surface area contributed by atoms with E-state index in [1.165, 1.54) is 11.3 Å². The minimum Gasteiger partial charge on any atom is -0.370 e. The van der Waals surface area contributed by atoms with Crippen LogP contribution in [0, 0.1) is 0 Å². The van der Waals surface area contributed by atoms with Gasteiger partial charge in [-0.3, -0.25) is 4.99 Å².